The standard InChI is InChI=1S/C17H21NO3/c1-3-14-5-7-15(8-6-14)20-11-4-12-21-17-13(2)18-10-9-16(17)19/h5-10H,3-4,11-12H2,1-2H3,(H,18,19). The van der Waals surface area contributed by atoms with E-state index in [1.807, 2.05) is 19.1 Å². The second-order valence-electron chi connectivity index (χ2n) is 4.84. The van der Waals surface area contributed by atoms with Crippen LogP contribution in [0.25, 0.3) is 0 Å². The van der Waals surface area contributed by atoms with Crippen molar-refractivity contribution in [3.8, 4) is 11.5 Å². The monoisotopic (exact) mass is 287 g/mol. The van der Waals surface area contributed by atoms with Crippen molar-refractivity contribution in [2.24, 2.45) is 0 Å². The Morgan fingerprint density at radius 3 is 2.43 bits per heavy atom. The van der Waals surface area contributed by atoms with E-state index >= 15 is 0 Å². The number of aryl methyl sites for hydroxylation is 2. The Kier molecular flexibility index (Phi) is 5.43. The quantitative estimate of drug-likeness (QED) is 0.796. The fourth-order valence-electron chi connectivity index (χ4n) is 1.99. The van der Waals surface area contributed by atoms with E-state index in [1.165, 1.54) is 11.6 Å². The van der Waals surface area contributed by atoms with E-state index in [-0.39, 0.29) is 5.43 Å². The van der Waals surface area contributed by atoms with E-state index in [0.717, 1.165) is 24.3 Å². The van der Waals surface area contributed by atoms with Crippen LogP contribution in [0, 0.1) is 6.92 Å². The molecule has 1 aromatic heterocycles. The molecule has 1 heterocycles. The lowest BCUT2D eigenvalue weighted by Gasteiger charge is -2.09. The van der Waals surface area contributed by atoms with Gasteiger partial charge in [0.1, 0.15) is 5.75 Å². The number of hydrogen-bond acceptors (Lipinski definition) is 3. The summed E-state index contributed by atoms with van der Waals surface area (Å²) in [6.45, 7) is 4.97. The van der Waals surface area contributed by atoms with E-state index in [9.17, 15) is 4.79 Å². The molecule has 0 radical (unpaired) electrons. The summed E-state index contributed by atoms with van der Waals surface area (Å²) in [4.78, 5) is 14.6. The van der Waals surface area contributed by atoms with Crippen LogP contribution in [0.1, 0.15) is 24.6 Å². The van der Waals surface area contributed by atoms with Crippen molar-refractivity contribution in [3.63, 3.8) is 0 Å². The molecule has 4 nitrogen and oxygen atoms in total. The zero-order chi connectivity index (χ0) is 15.1. The molecule has 4 heteroatoms. The van der Waals surface area contributed by atoms with Crippen molar-refractivity contribution >= 4 is 0 Å². The number of pyridine rings is 1. The maximum atomic E-state index is 11.6. The van der Waals surface area contributed by atoms with E-state index in [2.05, 4.69) is 24.0 Å². The molecule has 0 fully saturated rings. The summed E-state index contributed by atoms with van der Waals surface area (Å²) in [5.41, 5.74) is 1.95. The molecular weight excluding hydrogens is 266 g/mol. The maximum Gasteiger partial charge on any atom is 0.223 e. The van der Waals surface area contributed by atoms with Crippen LogP contribution in [0.4, 0.5) is 0 Å². The summed E-state index contributed by atoms with van der Waals surface area (Å²) < 4.78 is 11.2. The highest BCUT2D eigenvalue weighted by atomic mass is 16.5. The van der Waals surface area contributed by atoms with Gasteiger partial charge in [-0.2, -0.15) is 0 Å². The van der Waals surface area contributed by atoms with Gasteiger partial charge in [0, 0.05) is 18.7 Å². The van der Waals surface area contributed by atoms with Crippen LogP contribution >= 0.6 is 0 Å². The smallest absolute Gasteiger partial charge is 0.223 e. The average Bonchev–Trinajstić information content (AvgIpc) is 2.50. The summed E-state index contributed by atoms with van der Waals surface area (Å²) in [6.07, 6.45) is 3.37. The third-order valence-corrected chi connectivity index (χ3v) is 3.23. The van der Waals surface area contributed by atoms with Crippen LogP contribution in [0.2, 0.25) is 0 Å². The van der Waals surface area contributed by atoms with Gasteiger partial charge in [-0.1, -0.05) is 19.1 Å². The summed E-state index contributed by atoms with van der Waals surface area (Å²) in [5, 5.41) is 0. The zero-order valence-electron chi connectivity index (χ0n) is 12.5. The molecule has 1 aromatic carbocycles. The molecule has 2 rings (SSSR count). The van der Waals surface area contributed by atoms with E-state index < -0.39 is 0 Å². The molecule has 0 aliphatic carbocycles. The van der Waals surface area contributed by atoms with Gasteiger partial charge in [0.05, 0.1) is 18.9 Å². The Labute approximate surface area is 124 Å². The number of rotatable bonds is 7. The third-order valence-electron chi connectivity index (χ3n) is 3.23. The number of H-pyrrole nitrogens is 1. The Balaban J connectivity index is 1.73. The second kappa shape index (κ2) is 7.53. The first-order valence-electron chi connectivity index (χ1n) is 7.23. The third kappa shape index (κ3) is 4.38. The SMILES string of the molecule is CCc1ccc(OCCCOc2c(C)[nH]ccc2=O)cc1. The van der Waals surface area contributed by atoms with Crippen LogP contribution in [0.5, 0.6) is 11.5 Å². The summed E-state index contributed by atoms with van der Waals surface area (Å²) in [5.74, 6) is 1.26. The average molecular weight is 287 g/mol. The van der Waals surface area contributed by atoms with Crippen LogP contribution in [0.15, 0.2) is 41.3 Å². The van der Waals surface area contributed by atoms with Crippen molar-refractivity contribution in [2.75, 3.05) is 13.2 Å². The summed E-state index contributed by atoms with van der Waals surface area (Å²) >= 11 is 0. The van der Waals surface area contributed by atoms with Crippen molar-refractivity contribution in [1.29, 1.82) is 0 Å². The Morgan fingerprint density at radius 1 is 1.05 bits per heavy atom. The highest BCUT2D eigenvalue weighted by molar-refractivity contribution is 5.27. The van der Waals surface area contributed by atoms with Gasteiger partial charge in [-0.15, -0.1) is 0 Å². The normalized spacial score (nSPS) is 10.4. The van der Waals surface area contributed by atoms with Gasteiger partial charge in [0.15, 0.2) is 5.75 Å². The Bertz CT molecular complexity index is 617. The molecule has 112 valence electrons. The van der Waals surface area contributed by atoms with Gasteiger partial charge >= 0.3 is 0 Å². The Hall–Kier alpha value is -2.23. The minimum atomic E-state index is -0.0951. The molecule has 0 amide bonds. The van der Waals surface area contributed by atoms with E-state index in [0.29, 0.717) is 19.0 Å². The molecule has 21 heavy (non-hydrogen) atoms. The molecule has 0 spiro atoms. The largest absolute Gasteiger partial charge is 0.493 e. The Morgan fingerprint density at radius 2 is 1.76 bits per heavy atom. The number of aromatic amines is 1. The number of ether oxygens (including phenoxy) is 2. The molecule has 0 unspecified atom stereocenters. The number of hydrogen-bond donors (Lipinski definition) is 1. The molecular formula is C17H21NO3. The van der Waals surface area contributed by atoms with Gasteiger partial charge in [0.2, 0.25) is 5.43 Å². The number of aromatic nitrogens is 1. The first-order chi connectivity index (χ1) is 10.2. The lowest BCUT2D eigenvalue weighted by atomic mass is 10.2. The predicted molar refractivity (Wildman–Crippen MR) is 83.2 cm³/mol. The maximum absolute atomic E-state index is 11.6. The summed E-state index contributed by atoms with van der Waals surface area (Å²) in [7, 11) is 0. The van der Waals surface area contributed by atoms with Gasteiger partial charge in [-0.25, -0.2) is 0 Å². The van der Waals surface area contributed by atoms with Gasteiger partial charge < -0.3 is 14.5 Å². The number of nitrogens with one attached hydrogen (secondary N) is 1. The fourth-order valence-corrected chi connectivity index (χ4v) is 1.99. The first-order valence-corrected chi connectivity index (χ1v) is 7.23. The van der Waals surface area contributed by atoms with Crippen molar-refractivity contribution < 1.29 is 9.47 Å². The van der Waals surface area contributed by atoms with Crippen LogP contribution in [-0.2, 0) is 6.42 Å². The predicted octanol–water partition coefficient (Wildman–Crippen LogP) is 3.09. The zero-order valence-corrected chi connectivity index (χ0v) is 12.5. The minimum Gasteiger partial charge on any atom is -0.493 e. The highest BCUT2D eigenvalue weighted by Crippen LogP contribution is 2.13. The van der Waals surface area contributed by atoms with Crippen LogP contribution < -0.4 is 14.9 Å². The van der Waals surface area contributed by atoms with E-state index in [4.69, 9.17) is 9.47 Å². The molecule has 2 aromatic rings. The second-order valence-corrected chi connectivity index (χ2v) is 4.84. The first kappa shape index (κ1) is 15.2. The number of benzene rings is 1. The minimum absolute atomic E-state index is 0.0951. The fraction of sp³-hybridized carbons (Fsp3) is 0.353. The lowest BCUT2D eigenvalue weighted by molar-refractivity contribution is 0.245. The topological polar surface area (TPSA) is 51.3 Å². The van der Waals surface area contributed by atoms with Gasteiger partial charge in [-0.05, 0) is 31.0 Å². The van der Waals surface area contributed by atoms with Crippen LogP contribution in [0.3, 0.4) is 0 Å². The van der Waals surface area contributed by atoms with Crippen molar-refractivity contribution in [1.82, 2.24) is 4.98 Å². The lowest BCUT2D eigenvalue weighted by Crippen LogP contribution is -2.12. The van der Waals surface area contributed by atoms with Crippen molar-refractivity contribution in [3.05, 3.63) is 58.0 Å². The summed E-state index contributed by atoms with van der Waals surface area (Å²) in [6, 6.07) is 9.56. The van der Waals surface area contributed by atoms with Gasteiger partial charge in [-0.3, -0.25) is 4.79 Å². The molecule has 0 bridgehead atoms. The molecule has 0 aliphatic rings. The highest BCUT2D eigenvalue weighted by Gasteiger charge is 2.03. The molecule has 0 saturated heterocycles. The van der Waals surface area contributed by atoms with Gasteiger partial charge in [0.25, 0.3) is 0 Å². The van der Waals surface area contributed by atoms with Crippen LogP contribution in [-0.4, -0.2) is 18.2 Å². The molecule has 1 N–H and O–H groups in total. The van der Waals surface area contributed by atoms with Crippen molar-refractivity contribution in [2.45, 2.75) is 26.7 Å². The van der Waals surface area contributed by atoms with E-state index in [1.54, 1.807) is 6.20 Å². The molecule has 0 atom stereocenters. The molecule has 0 aliphatic heterocycles. The molecule has 0 saturated carbocycles.